The van der Waals surface area contributed by atoms with Gasteiger partial charge in [-0.15, -0.1) is 11.6 Å². The summed E-state index contributed by atoms with van der Waals surface area (Å²) in [5.74, 6) is 1.10. The number of fused-ring (bicyclic) bond motifs is 1. The summed E-state index contributed by atoms with van der Waals surface area (Å²) in [5.41, 5.74) is 2.26. The number of aromatic nitrogens is 2. The number of aryl methyl sites for hydroxylation is 1. The first kappa shape index (κ1) is 25.2. The maximum atomic E-state index is 13.4. The van der Waals surface area contributed by atoms with E-state index in [0.717, 1.165) is 31.6 Å². The Morgan fingerprint density at radius 3 is 2.32 bits per heavy atom. The number of hydrogen-bond donors (Lipinski definition) is 0. The average molecular weight is 450 g/mol. The van der Waals surface area contributed by atoms with Gasteiger partial charge in [-0.3, -0.25) is 4.79 Å². The van der Waals surface area contributed by atoms with Gasteiger partial charge < -0.3 is 14.0 Å². The number of carbonyl (C=O) groups is 2. The normalized spacial score (nSPS) is 11.5. The number of hydrogen-bond acceptors (Lipinski definition) is 4. The second-order valence-corrected chi connectivity index (χ2v) is 9.10. The van der Waals surface area contributed by atoms with E-state index in [1.165, 1.54) is 0 Å². The Labute approximate surface area is 190 Å². The predicted octanol–water partition coefficient (Wildman–Crippen LogP) is 5.22. The van der Waals surface area contributed by atoms with Crippen molar-refractivity contribution in [3.8, 4) is 0 Å². The molecule has 0 saturated carbocycles. The van der Waals surface area contributed by atoms with Crippen molar-refractivity contribution in [3.63, 3.8) is 0 Å². The molecule has 1 amide bonds. The monoisotopic (exact) mass is 449 g/mol. The molecule has 0 bridgehead atoms. The van der Waals surface area contributed by atoms with Crippen molar-refractivity contribution in [1.82, 2.24) is 14.3 Å². The predicted molar refractivity (Wildman–Crippen MR) is 125 cm³/mol. The minimum absolute atomic E-state index is 0.0119. The number of nitrogens with zero attached hydrogens (tertiary/aromatic N) is 3. The van der Waals surface area contributed by atoms with Crippen LogP contribution in [0.2, 0.25) is 0 Å². The standard InChI is InChI=1S/C24H36ClN3O3/c1-6-31-24(30)22-20(8-7-13-25)28-16-19(9-10-21(28)26-22)23(29)27(14-11-17(2)3)15-12-18(4)5/h9-10,16-18H,6-8,11-15H2,1-5H3. The molecule has 31 heavy (non-hydrogen) atoms. The lowest BCUT2D eigenvalue weighted by Crippen LogP contribution is -2.34. The van der Waals surface area contributed by atoms with E-state index in [9.17, 15) is 9.59 Å². The zero-order valence-electron chi connectivity index (χ0n) is 19.5. The van der Waals surface area contributed by atoms with Crippen LogP contribution < -0.4 is 0 Å². The van der Waals surface area contributed by atoms with Gasteiger partial charge in [-0.05, 0) is 56.6 Å². The number of alkyl halides is 1. The molecule has 7 heteroatoms. The zero-order chi connectivity index (χ0) is 23.0. The van der Waals surface area contributed by atoms with Gasteiger partial charge in [0, 0.05) is 25.2 Å². The molecule has 0 radical (unpaired) electrons. The molecule has 0 aliphatic rings. The van der Waals surface area contributed by atoms with Gasteiger partial charge in [-0.2, -0.15) is 0 Å². The van der Waals surface area contributed by atoms with Crippen LogP contribution in [0.3, 0.4) is 0 Å². The number of ether oxygens (including phenoxy) is 1. The lowest BCUT2D eigenvalue weighted by Gasteiger charge is -2.24. The first-order valence-corrected chi connectivity index (χ1v) is 11.8. The third-order valence-corrected chi connectivity index (χ3v) is 5.49. The van der Waals surface area contributed by atoms with Crippen LogP contribution >= 0.6 is 11.6 Å². The van der Waals surface area contributed by atoms with Crippen molar-refractivity contribution >= 4 is 29.1 Å². The van der Waals surface area contributed by atoms with Crippen LogP contribution in [0.5, 0.6) is 0 Å². The van der Waals surface area contributed by atoms with Crippen molar-refractivity contribution in [3.05, 3.63) is 35.3 Å². The lowest BCUT2D eigenvalue weighted by molar-refractivity contribution is 0.0518. The number of esters is 1. The molecule has 0 saturated heterocycles. The summed E-state index contributed by atoms with van der Waals surface area (Å²) in [4.78, 5) is 32.2. The van der Waals surface area contributed by atoms with E-state index in [4.69, 9.17) is 16.3 Å². The van der Waals surface area contributed by atoms with Crippen molar-refractivity contribution < 1.29 is 14.3 Å². The average Bonchev–Trinajstić information content (AvgIpc) is 3.09. The van der Waals surface area contributed by atoms with E-state index in [0.29, 0.717) is 47.5 Å². The first-order valence-electron chi connectivity index (χ1n) is 11.3. The molecule has 2 aromatic rings. The van der Waals surface area contributed by atoms with Crippen LogP contribution in [0.4, 0.5) is 0 Å². The minimum atomic E-state index is -0.445. The Balaban J connectivity index is 2.40. The lowest BCUT2D eigenvalue weighted by atomic mass is 10.1. The molecule has 2 rings (SSSR count). The molecule has 0 aromatic carbocycles. The van der Waals surface area contributed by atoms with Gasteiger partial charge in [-0.25, -0.2) is 9.78 Å². The van der Waals surface area contributed by atoms with Crippen LogP contribution in [0.1, 0.15) is 80.4 Å². The topological polar surface area (TPSA) is 63.9 Å². The van der Waals surface area contributed by atoms with Gasteiger partial charge in [0.2, 0.25) is 0 Å². The van der Waals surface area contributed by atoms with Crippen LogP contribution in [0, 0.1) is 11.8 Å². The van der Waals surface area contributed by atoms with E-state index >= 15 is 0 Å². The molecule has 2 aromatic heterocycles. The molecule has 0 N–H and O–H groups in total. The van der Waals surface area contributed by atoms with E-state index < -0.39 is 5.97 Å². The SMILES string of the molecule is CCOC(=O)c1nc2ccc(C(=O)N(CCC(C)C)CCC(C)C)cn2c1CCCCl. The number of rotatable bonds is 12. The van der Waals surface area contributed by atoms with E-state index in [1.54, 1.807) is 25.3 Å². The number of carbonyl (C=O) groups excluding carboxylic acids is 2. The molecule has 6 nitrogen and oxygen atoms in total. The summed E-state index contributed by atoms with van der Waals surface area (Å²) in [6.45, 7) is 12.2. The van der Waals surface area contributed by atoms with Gasteiger partial charge in [0.1, 0.15) is 5.65 Å². The molecule has 0 spiro atoms. The van der Waals surface area contributed by atoms with Gasteiger partial charge in [0.25, 0.3) is 5.91 Å². The first-order chi connectivity index (χ1) is 14.8. The number of imidazole rings is 1. The molecule has 0 aliphatic carbocycles. The van der Waals surface area contributed by atoms with Crippen molar-refractivity contribution in [2.75, 3.05) is 25.6 Å². The summed E-state index contributed by atoms with van der Waals surface area (Å²) in [5, 5.41) is 0. The summed E-state index contributed by atoms with van der Waals surface area (Å²) < 4.78 is 7.02. The van der Waals surface area contributed by atoms with E-state index in [1.807, 2.05) is 9.30 Å². The largest absolute Gasteiger partial charge is 0.461 e. The molecule has 0 aliphatic heterocycles. The smallest absolute Gasteiger partial charge is 0.358 e. The Bertz CT molecular complexity index is 864. The third-order valence-electron chi connectivity index (χ3n) is 5.22. The highest BCUT2D eigenvalue weighted by atomic mass is 35.5. The number of pyridine rings is 1. The van der Waals surface area contributed by atoms with Crippen molar-refractivity contribution in [2.45, 2.75) is 60.3 Å². The summed E-state index contributed by atoms with van der Waals surface area (Å²) >= 11 is 5.90. The number of halogens is 1. The third kappa shape index (κ3) is 6.96. The van der Waals surface area contributed by atoms with Crippen molar-refractivity contribution in [2.24, 2.45) is 11.8 Å². The Kier molecular flexibility index (Phi) is 9.82. The minimum Gasteiger partial charge on any atom is -0.461 e. The second kappa shape index (κ2) is 12.1. The molecule has 172 valence electrons. The molecule has 2 heterocycles. The molecule has 0 atom stereocenters. The highest BCUT2D eigenvalue weighted by Gasteiger charge is 2.22. The van der Waals surface area contributed by atoms with Crippen LogP contribution in [0.15, 0.2) is 18.3 Å². The Hall–Kier alpha value is -2.08. The fraction of sp³-hybridized carbons (Fsp3) is 0.625. The van der Waals surface area contributed by atoms with Gasteiger partial charge in [-0.1, -0.05) is 27.7 Å². The summed E-state index contributed by atoms with van der Waals surface area (Å²) in [7, 11) is 0. The maximum Gasteiger partial charge on any atom is 0.358 e. The number of amides is 1. The second-order valence-electron chi connectivity index (χ2n) is 8.72. The Morgan fingerprint density at radius 1 is 1.13 bits per heavy atom. The molecule has 0 unspecified atom stereocenters. The van der Waals surface area contributed by atoms with Gasteiger partial charge in [0.05, 0.1) is 17.9 Å². The molecular weight excluding hydrogens is 414 g/mol. The van der Waals surface area contributed by atoms with Crippen LogP contribution in [-0.4, -0.2) is 51.7 Å². The highest BCUT2D eigenvalue weighted by Crippen LogP contribution is 2.19. The zero-order valence-corrected chi connectivity index (χ0v) is 20.2. The van der Waals surface area contributed by atoms with Gasteiger partial charge in [0.15, 0.2) is 5.69 Å². The Morgan fingerprint density at radius 2 is 1.77 bits per heavy atom. The molecular formula is C24H36ClN3O3. The fourth-order valence-corrected chi connectivity index (χ4v) is 3.52. The van der Waals surface area contributed by atoms with E-state index in [2.05, 4.69) is 32.7 Å². The fourth-order valence-electron chi connectivity index (χ4n) is 3.38. The summed E-state index contributed by atoms with van der Waals surface area (Å²) in [6, 6.07) is 3.59. The maximum absolute atomic E-state index is 13.4. The van der Waals surface area contributed by atoms with Crippen LogP contribution in [-0.2, 0) is 11.2 Å². The van der Waals surface area contributed by atoms with Gasteiger partial charge >= 0.3 is 5.97 Å². The van der Waals surface area contributed by atoms with E-state index in [-0.39, 0.29) is 12.5 Å². The highest BCUT2D eigenvalue weighted by molar-refractivity contribution is 6.17. The van der Waals surface area contributed by atoms with Crippen LogP contribution in [0.25, 0.3) is 5.65 Å². The summed E-state index contributed by atoms with van der Waals surface area (Å²) in [6.07, 6.45) is 5.01. The molecule has 0 fully saturated rings. The van der Waals surface area contributed by atoms with Crippen molar-refractivity contribution in [1.29, 1.82) is 0 Å². The quantitative estimate of drug-likeness (QED) is 0.329.